The van der Waals surface area contributed by atoms with Gasteiger partial charge in [0.2, 0.25) is 0 Å². The highest BCUT2D eigenvalue weighted by molar-refractivity contribution is 5.90. The smallest absolute Gasteiger partial charge is 0.337 e. The number of benzene rings is 2. The molecule has 5 nitrogen and oxygen atoms in total. The molecule has 5 heteroatoms. The summed E-state index contributed by atoms with van der Waals surface area (Å²) in [5.41, 5.74) is 2.26. The highest BCUT2D eigenvalue weighted by atomic mass is 16.6. The molecule has 0 saturated heterocycles. The Morgan fingerprint density at radius 2 is 1.72 bits per heavy atom. The predicted molar refractivity (Wildman–Crippen MR) is 94.4 cm³/mol. The molecule has 0 unspecified atom stereocenters. The van der Waals surface area contributed by atoms with E-state index in [4.69, 9.17) is 9.47 Å². The summed E-state index contributed by atoms with van der Waals surface area (Å²) in [6.45, 7) is 2.41. The van der Waals surface area contributed by atoms with Gasteiger partial charge in [-0.05, 0) is 42.3 Å². The molecule has 0 aliphatic heterocycles. The van der Waals surface area contributed by atoms with E-state index in [2.05, 4.69) is 4.74 Å². The van der Waals surface area contributed by atoms with E-state index in [9.17, 15) is 9.59 Å². The van der Waals surface area contributed by atoms with E-state index in [1.807, 2.05) is 31.2 Å². The third-order valence-corrected chi connectivity index (χ3v) is 3.42. The largest absolute Gasteiger partial charge is 0.490 e. The zero-order chi connectivity index (χ0) is 18.1. The van der Waals surface area contributed by atoms with Gasteiger partial charge in [-0.3, -0.25) is 0 Å². The molecule has 0 N–H and O–H groups in total. The third kappa shape index (κ3) is 5.80. The molecule has 2 aromatic carbocycles. The van der Waals surface area contributed by atoms with Gasteiger partial charge in [0.1, 0.15) is 19.0 Å². The van der Waals surface area contributed by atoms with Gasteiger partial charge in [0.15, 0.2) is 0 Å². The van der Waals surface area contributed by atoms with Crippen LogP contribution in [0.5, 0.6) is 5.75 Å². The van der Waals surface area contributed by atoms with E-state index < -0.39 is 11.9 Å². The monoisotopic (exact) mass is 340 g/mol. The first kappa shape index (κ1) is 18.3. The van der Waals surface area contributed by atoms with Crippen molar-refractivity contribution < 1.29 is 23.8 Å². The lowest BCUT2D eigenvalue weighted by atomic mass is 10.1. The van der Waals surface area contributed by atoms with Gasteiger partial charge in [-0.15, -0.1) is 0 Å². The molecule has 0 saturated carbocycles. The molecule has 0 amide bonds. The maximum Gasteiger partial charge on any atom is 0.337 e. The van der Waals surface area contributed by atoms with Crippen molar-refractivity contribution in [3.63, 3.8) is 0 Å². The quantitative estimate of drug-likeness (QED) is 0.439. The van der Waals surface area contributed by atoms with E-state index in [0.717, 1.165) is 16.9 Å². The Morgan fingerprint density at radius 3 is 2.40 bits per heavy atom. The predicted octanol–water partition coefficient (Wildman–Crippen LogP) is 3.42. The first-order valence-corrected chi connectivity index (χ1v) is 7.82. The van der Waals surface area contributed by atoms with Crippen LogP contribution in [-0.4, -0.2) is 32.3 Å². The van der Waals surface area contributed by atoms with Crippen LogP contribution in [0, 0.1) is 6.92 Å². The highest BCUT2D eigenvalue weighted by Crippen LogP contribution is 2.15. The molecular weight excluding hydrogens is 320 g/mol. The summed E-state index contributed by atoms with van der Waals surface area (Å²) in [7, 11) is 1.33. The van der Waals surface area contributed by atoms with Crippen molar-refractivity contribution >= 4 is 18.0 Å². The Kier molecular flexibility index (Phi) is 6.77. The second kappa shape index (κ2) is 9.27. The lowest BCUT2D eigenvalue weighted by molar-refractivity contribution is -0.138. The van der Waals surface area contributed by atoms with Gasteiger partial charge in [-0.1, -0.05) is 30.3 Å². The SMILES string of the molecule is COC(=O)c1ccc(/C=C/C(=O)OCCOc2ccccc2C)cc1. The minimum Gasteiger partial charge on any atom is -0.490 e. The number of carbonyl (C=O) groups excluding carboxylic acids is 2. The summed E-state index contributed by atoms with van der Waals surface area (Å²) >= 11 is 0. The number of ether oxygens (including phenoxy) is 3. The molecule has 130 valence electrons. The molecule has 0 bridgehead atoms. The number of aryl methyl sites for hydroxylation is 1. The van der Waals surface area contributed by atoms with E-state index in [1.54, 1.807) is 30.3 Å². The third-order valence-electron chi connectivity index (χ3n) is 3.42. The van der Waals surface area contributed by atoms with Crippen molar-refractivity contribution in [3.05, 3.63) is 71.3 Å². The topological polar surface area (TPSA) is 61.8 Å². The Labute approximate surface area is 146 Å². The van der Waals surface area contributed by atoms with Crippen molar-refractivity contribution in [3.8, 4) is 5.75 Å². The van der Waals surface area contributed by atoms with E-state index >= 15 is 0 Å². The standard InChI is InChI=1S/C20H20O5/c1-15-5-3-4-6-18(15)24-13-14-25-19(21)12-9-16-7-10-17(11-8-16)20(22)23-2/h3-12H,13-14H2,1-2H3/b12-9+. The molecule has 0 fully saturated rings. The number of methoxy groups -OCH3 is 1. The second-order valence-corrected chi connectivity index (χ2v) is 5.23. The van der Waals surface area contributed by atoms with Gasteiger partial charge in [0.25, 0.3) is 0 Å². The van der Waals surface area contributed by atoms with Crippen LogP contribution in [0.2, 0.25) is 0 Å². The van der Waals surface area contributed by atoms with Crippen molar-refractivity contribution in [2.75, 3.05) is 20.3 Å². The minimum atomic E-state index is -0.453. The van der Waals surface area contributed by atoms with E-state index in [1.165, 1.54) is 13.2 Å². The summed E-state index contributed by atoms with van der Waals surface area (Å²) < 4.78 is 15.3. The number of hydrogen-bond acceptors (Lipinski definition) is 5. The molecule has 0 atom stereocenters. The van der Waals surface area contributed by atoms with E-state index in [0.29, 0.717) is 5.56 Å². The van der Waals surface area contributed by atoms with Crippen LogP contribution < -0.4 is 4.74 Å². The first-order valence-electron chi connectivity index (χ1n) is 7.82. The van der Waals surface area contributed by atoms with Gasteiger partial charge in [0.05, 0.1) is 12.7 Å². The van der Waals surface area contributed by atoms with Crippen molar-refractivity contribution in [1.29, 1.82) is 0 Å². The fourth-order valence-electron chi connectivity index (χ4n) is 2.07. The molecule has 0 radical (unpaired) electrons. The van der Waals surface area contributed by atoms with Crippen LogP contribution in [0.1, 0.15) is 21.5 Å². The zero-order valence-electron chi connectivity index (χ0n) is 14.2. The van der Waals surface area contributed by atoms with E-state index in [-0.39, 0.29) is 13.2 Å². The van der Waals surface area contributed by atoms with Crippen LogP contribution in [0.25, 0.3) is 6.08 Å². The maximum absolute atomic E-state index is 11.7. The van der Waals surface area contributed by atoms with Crippen LogP contribution in [0.15, 0.2) is 54.6 Å². The fraction of sp³-hybridized carbons (Fsp3) is 0.200. The average Bonchev–Trinajstić information content (AvgIpc) is 2.64. The normalized spacial score (nSPS) is 10.5. The Morgan fingerprint density at radius 1 is 1.00 bits per heavy atom. The van der Waals surface area contributed by atoms with Crippen LogP contribution in [-0.2, 0) is 14.3 Å². The van der Waals surface area contributed by atoms with Gasteiger partial charge < -0.3 is 14.2 Å². The second-order valence-electron chi connectivity index (χ2n) is 5.23. The summed E-state index contributed by atoms with van der Waals surface area (Å²) in [4.78, 5) is 23.0. The minimum absolute atomic E-state index is 0.165. The van der Waals surface area contributed by atoms with Crippen LogP contribution >= 0.6 is 0 Å². The van der Waals surface area contributed by atoms with Gasteiger partial charge >= 0.3 is 11.9 Å². The fourth-order valence-corrected chi connectivity index (χ4v) is 2.07. The van der Waals surface area contributed by atoms with Crippen molar-refractivity contribution in [2.24, 2.45) is 0 Å². The molecule has 0 aliphatic rings. The molecule has 25 heavy (non-hydrogen) atoms. The number of rotatable bonds is 7. The van der Waals surface area contributed by atoms with Crippen LogP contribution in [0.4, 0.5) is 0 Å². The maximum atomic E-state index is 11.7. The summed E-state index contributed by atoms with van der Waals surface area (Å²) in [6, 6.07) is 14.4. The van der Waals surface area contributed by atoms with Crippen molar-refractivity contribution in [1.82, 2.24) is 0 Å². The molecule has 0 spiro atoms. The Hall–Kier alpha value is -3.08. The molecule has 2 rings (SSSR count). The van der Waals surface area contributed by atoms with Gasteiger partial charge in [-0.2, -0.15) is 0 Å². The summed E-state index contributed by atoms with van der Waals surface area (Å²) in [5.74, 6) is -0.0752. The molecule has 0 heterocycles. The summed E-state index contributed by atoms with van der Waals surface area (Å²) in [5, 5.41) is 0. The Balaban J connectivity index is 1.75. The number of para-hydroxylation sites is 1. The highest BCUT2D eigenvalue weighted by Gasteiger charge is 2.04. The number of carbonyl (C=O) groups is 2. The molecule has 0 aromatic heterocycles. The van der Waals surface area contributed by atoms with Crippen LogP contribution in [0.3, 0.4) is 0 Å². The van der Waals surface area contributed by atoms with Gasteiger partial charge in [-0.25, -0.2) is 9.59 Å². The number of esters is 2. The average molecular weight is 340 g/mol. The summed E-state index contributed by atoms with van der Waals surface area (Å²) in [6.07, 6.45) is 2.95. The lowest BCUT2D eigenvalue weighted by Gasteiger charge is -2.08. The molecule has 0 aliphatic carbocycles. The molecular formula is C20H20O5. The molecule has 2 aromatic rings. The van der Waals surface area contributed by atoms with Gasteiger partial charge in [0, 0.05) is 6.08 Å². The number of hydrogen-bond donors (Lipinski definition) is 0. The Bertz CT molecular complexity index is 747. The lowest BCUT2D eigenvalue weighted by Crippen LogP contribution is -2.10. The van der Waals surface area contributed by atoms with Crippen molar-refractivity contribution in [2.45, 2.75) is 6.92 Å². The zero-order valence-corrected chi connectivity index (χ0v) is 14.2. The first-order chi connectivity index (χ1) is 12.1.